The number of pyridine rings is 1. The number of rotatable bonds is 1. The van der Waals surface area contributed by atoms with E-state index in [1.54, 1.807) is 6.07 Å². The highest BCUT2D eigenvalue weighted by molar-refractivity contribution is 5.39. The molecule has 0 saturated carbocycles. The molecule has 3 heteroatoms. The molecule has 1 heterocycles. The Morgan fingerprint density at radius 2 is 2.18 bits per heavy atom. The van der Waals surface area contributed by atoms with Gasteiger partial charge in [0.1, 0.15) is 17.6 Å². The lowest BCUT2D eigenvalue weighted by atomic mass is 10.3. The molecule has 0 saturated heterocycles. The Hall–Kier alpha value is -1.56. The Labute approximate surface area is 65.9 Å². The standard InChI is InChI=1S/C8H9N3/c1-11(2)8-5-3-4-7(6-9)10-8/h3-5H,1-2H3. The SMILES string of the molecule is CN(C)c1cccc(C#N)n1. The third-order valence-electron chi connectivity index (χ3n) is 1.31. The molecule has 1 rings (SSSR count). The van der Waals surface area contributed by atoms with Crippen molar-refractivity contribution >= 4 is 5.82 Å². The van der Waals surface area contributed by atoms with Gasteiger partial charge >= 0.3 is 0 Å². The van der Waals surface area contributed by atoms with Gasteiger partial charge in [-0.2, -0.15) is 5.26 Å². The van der Waals surface area contributed by atoms with Crippen LogP contribution in [0.4, 0.5) is 5.82 Å². The molecular formula is C8H9N3. The van der Waals surface area contributed by atoms with Crippen LogP contribution < -0.4 is 4.90 Å². The second-order valence-electron chi connectivity index (χ2n) is 2.39. The molecule has 0 aliphatic rings. The van der Waals surface area contributed by atoms with E-state index in [1.165, 1.54) is 0 Å². The van der Waals surface area contributed by atoms with Gasteiger partial charge in [-0.15, -0.1) is 0 Å². The minimum Gasteiger partial charge on any atom is -0.363 e. The summed E-state index contributed by atoms with van der Waals surface area (Å²) in [5, 5.41) is 8.51. The highest BCUT2D eigenvalue weighted by Gasteiger charge is 1.96. The minimum atomic E-state index is 0.455. The van der Waals surface area contributed by atoms with Crippen LogP contribution in [0.2, 0.25) is 0 Å². The van der Waals surface area contributed by atoms with Crippen LogP contribution in [0, 0.1) is 11.3 Å². The quantitative estimate of drug-likeness (QED) is 0.595. The zero-order chi connectivity index (χ0) is 8.27. The van der Waals surface area contributed by atoms with Crippen LogP contribution in [0.25, 0.3) is 0 Å². The van der Waals surface area contributed by atoms with Crippen molar-refractivity contribution in [1.82, 2.24) is 4.98 Å². The van der Waals surface area contributed by atoms with Gasteiger partial charge < -0.3 is 4.90 Å². The van der Waals surface area contributed by atoms with Gasteiger partial charge in [0.25, 0.3) is 0 Å². The molecule has 3 nitrogen and oxygen atoms in total. The second-order valence-corrected chi connectivity index (χ2v) is 2.39. The first kappa shape index (κ1) is 7.55. The predicted molar refractivity (Wildman–Crippen MR) is 43.3 cm³/mol. The lowest BCUT2D eigenvalue weighted by Gasteiger charge is -2.09. The maximum absolute atomic E-state index is 8.51. The van der Waals surface area contributed by atoms with E-state index in [2.05, 4.69) is 4.98 Å². The lowest BCUT2D eigenvalue weighted by Crippen LogP contribution is -2.10. The van der Waals surface area contributed by atoms with Crippen LogP contribution in [0.15, 0.2) is 18.2 Å². The maximum atomic E-state index is 8.51. The smallest absolute Gasteiger partial charge is 0.142 e. The van der Waals surface area contributed by atoms with Gasteiger partial charge in [-0.05, 0) is 12.1 Å². The molecule has 0 N–H and O–H groups in total. The van der Waals surface area contributed by atoms with Gasteiger partial charge in [0.05, 0.1) is 0 Å². The summed E-state index contributed by atoms with van der Waals surface area (Å²) in [4.78, 5) is 5.92. The van der Waals surface area contributed by atoms with E-state index < -0.39 is 0 Å². The summed E-state index contributed by atoms with van der Waals surface area (Å²) in [5.41, 5.74) is 0.455. The van der Waals surface area contributed by atoms with E-state index in [1.807, 2.05) is 37.2 Å². The van der Waals surface area contributed by atoms with Crippen molar-refractivity contribution in [3.8, 4) is 6.07 Å². The number of nitriles is 1. The van der Waals surface area contributed by atoms with Crippen molar-refractivity contribution in [3.63, 3.8) is 0 Å². The molecule has 56 valence electrons. The Morgan fingerprint density at radius 1 is 1.45 bits per heavy atom. The Bertz CT molecular complexity index is 286. The second kappa shape index (κ2) is 3.02. The molecule has 0 spiro atoms. The van der Waals surface area contributed by atoms with Gasteiger partial charge in [-0.1, -0.05) is 6.07 Å². The third-order valence-corrected chi connectivity index (χ3v) is 1.31. The van der Waals surface area contributed by atoms with Gasteiger partial charge in [-0.25, -0.2) is 4.98 Å². The molecule has 0 aliphatic carbocycles. The van der Waals surface area contributed by atoms with Crippen molar-refractivity contribution in [2.45, 2.75) is 0 Å². The molecule has 0 aliphatic heterocycles. The van der Waals surface area contributed by atoms with E-state index in [4.69, 9.17) is 5.26 Å². The molecular weight excluding hydrogens is 138 g/mol. The van der Waals surface area contributed by atoms with Gasteiger partial charge in [0.2, 0.25) is 0 Å². The normalized spacial score (nSPS) is 8.82. The molecule has 0 amide bonds. The van der Waals surface area contributed by atoms with Crippen LogP contribution >= 0.6 is 0 Å². The van der Waals surface area contributed by atoms with Crippen molar-refractivity contribution in [1.29, 1.82) is 5.26 Å². The predicted octanol–water partition coefficient (Wildman–Crippen LogP) is 1.02. The average molecular weight is 147 g/mol. The van der Waals surface area contributed by atoms with E-state index in [0.29, 0.717) is 5.69 Å². The molecule has 1 aromatic rings. The minimum absolute atomic E-state index is 0.455. The first-order valence-electron chi connectivity index (χ1n) is 3.28. The van der Waals surface area contributed by atoms with E-state index >= 15 is 0 Å². The third kappa shape index (κ3) is 1.68. The molecule has 1 aromatic heterocycles. The highest BCUT2D eigenvalue weighted by Crippen LogP contribution is 2.06. The fraction of sp³-hybridized carbons (Fsp3) is 0.250. The number of aromatic nitrogens is 1. The summed E-state index contributed by atoms with van der Waals surface area (Å²) in [7, 11) is 3.78. The monoisotopic (exact) mass is 147 g/mol. The number of hydrogen-bond acceptors (Lipinski definition) is 3. The highest BCUT2D eigenvalue weighted by atomic mass is 15.1. The van der Waals surface area contributed by atoms with Gasteiger partial charge in [0.15, 0.2) is 0 Å². The molecule has 0 unspecified atom stereocenters. The van der Waals surface area contributed by atoms with E-state index in [9.17, 15) is 0 Å². The first-order valence-corrected chi connectivity index (χ1v) is 3.28. The zero-order valence-electron chi connectivity index (χ0n) is 6.57. The van der Waals surface area contributed by atoms with Crippen LogP contribution in [-0.4, -0.2) is 19.1 Å². The molecule has 11 heavy (non-hydrogen) atoms. The van der Waals surface area contributed by atoms with Crippen molar-refractivity contribution in [2.24, 2.45) is 0 Å². The molecule has 0 radical (unpaired) electrons. The number of hydrogen-bond donors (Lipinski definition) is 0. The summed E-state index contributed by atoms with van der Waals surface area (Å²) in [6.07, 6.45) is 0. The average Bonchev–Trinajstić information content (AvgIpc) is 2.05. The summed E-state index contributed by atoms with van der Waals surface area (Å²) in [6.45, 7) is 0. The number of anilines is 1. The van der Waals surface area contributed by atoms with Crippen LogP contribution in [0.3, 0.4) is 0 Å². The van der Waals surface area contributed by atoms with E-state index in [0.717, 1.165) is 5.82 Å². The topological polar surface area (TPSA) is 39.9 Å². The van der Waals surface area contributed by atoms with Crippen molar-refractivity contribution < 1.29 is 0 Å². The largest absolute Gasteiger partial charge is 0.363 e. The lowest BCUT2D eigenvalue weighted by molar-refractivity contribution is 1.06. The zero-order valence-corrected chi connectivity index (χ0v) is 6.57. The summed E-state index contributed by atoms with van der Waals surface area (Å²) < 4.78 is 0. The summed E-state index contributed by atoms with van der Waals surface area (Å²) >= 11 is 0. The van der Waals surface area contributed by atoms with Crippen molar-refractivity contribution in [2.75, 3.05) is 19.0 Å². The number of nitrogens with zero attached hydrogens (tertiary/aromatic N) is 3. The summed E-state index contributed by atoms with van der Waals surface area (Å²) in [5.74, 6) is 0.809. The fourth-order valence-corrected chi connectivity index (χ4v) is 0.735. The van der Waals surface area contributed by atoms with Crippen LogP contribution in [-0.2, 0) is 0 Å². The maximum Gasteiger partial charge on any atom is 0.142 e. The Balaban J connectivity index is 3.03. The van der Waals surface area contributed by atoms with Gasteiger partial charge in [0, 0.05) is 14.1 Å². The molecule has 0 aromatic carbocycles. The van der Waals surface area contributed by atoms with E-state index in [-0.39, 0.29) is 0 Å². The molecule has 0 fully saturated rings. The Morgan fingerprint density at radius 3 is 2.73 bits per heavy atom. The summed E-state index contributed by atoms with van der Waals surface area (Å²) in [6, 6.07) is 7.35. The molecule has 0 bridgehead atoms. The van der Waals surface area contributed by atoms with Gasteiger partial charge in [-0.3, -0.25) is 0 Å². The van der Waals surface area contributed by atoms with Crippen LogP contribution in [0.1, 0.15) is 5.69 Å². The fourth-order valence-electron chi connectivity index (χ4n) is 0.735. The van der Waals surface area contributed by atoms with Crippen molar-refractivity contribution in [3.05, 3.63) is 23.9 Å². The van der Waals surface area contributed by atoms with Crippen LogP contribution in [0.5, 0.6) is 0 Å². The Kier molecular flexibility index (Phi) is 2.07. The first-order chi connectivity index (χ1) is 5.24. The molecule has 0 atom stereocenters.